The van der Waals surface area contributed by atoms with Crippen molar-refractivity contribution >= 4 is 17.7 Å². The molecule has 5 nitrogen and oxygen atoms in total. The predicted octanol–water partition coefficient (Wildman–Crippen LogP) is -0.224. The number of carbonyl (C=O) groups is 1. The van der Waals surface area contributed by atoms with Crippen LogP contribution in [-0.4, -0.2) is 74.8 Å². The first-order chi connectivity index (χ1) is 8.74. The normalized spacial score (nSPS) is 18.6. The van der Waals surface area contributed by atoms with Gasteiger partial charge >= 0.3 is 0 Å². The zero-order valence-electron chi connectivity index (χ0n) is 11.4. The number of rotatable bonds is 8. The van der Waals surface area contributed by atoms with E-state index in [2.05, 4.69) is 15.5 Å². The van der Waals surface area contributed by atoms with Gasteiger partial charge in [0, 0.05) is 51.3 Å². The highest BCUT2D eigenvalue weighted by atomic mass is 32.2. The maximum atomic E-state index is 11.7. The number of hydrogen-bond acceptors (Lipinski definition) is 5. The molecule has 0 aromatic carbocycles. The first-order valence-electron chi connectivity index (χ1n) is 6.54. The highest BCUT2D eigenvalue weighted by molar-refractivity contribution is 7.99. The van der Waals surface area contributed by atoms with Crippen molar-refractivity contribution in [3.63, 3.8) is 0 Å². The number of carbonyl (C=O) groups excluding carboxylic acids is 1. The van der Waals surface area contributed by atoms with Crippen molar-refractivity contribution in [1.29, 1.82) is 0 Å². The van der Waals surface area contributed by atoms with Crippen LogP contribution in [0.3, 0.4) is 0 Å². The van der Waals surface area contributed by atoms with Crippen LogP contribution in [0, 0.1) is 0 Å². The highest BCUT2D eigenvalue weighted by Gasteiger charge is 2.13. The Hall–Kier alpha value is -0.300. The lowest BCUT2D eigenvalue weighted by Gasteiger charge is -2.26. The molecule has 1 aliphatic heterocycles. The molecule has 0 saturated carbocycles. The van der Waals surface area contributed by atoms with E-state index >= 15 is 0 Å². The van der Waals surface area contributed by atoms with Crippen LogP contribution in [0.1, 0.15) is 6.92 Å². The highest BCUT2D eigenvalue weighted by Crippen LogP contribution is 2.07. The lowest BCUT2D eigenvalue weighted by molar-refractivity contribution is -0.122. The van der Waals surface area contributed by atoms with Crippen LogP contribution in [-0.2, 0) is 9.53 Å². The molecule has 1 fully saturated rings. The zero-order chi connectivity index (χ0) is 13.2. The summed E-state index contributed by atoms with van der Waals surface area (Å²) in [5.41, 5.74) is 0. The van der Waals surface area contributed by atoms with Gasteiger partial charge in [0.1, 0.15) is 0 Å². The van der Waals surface area contributed by atoms with Crippen LogP contribution in [0.5, 0.6) is 0 Å². The number of ether oxygens (including phenoxy) is 1. The molecule has 1 atom stereocenters. The van der Waals surface area contributed by atoms with E-state index in [1.54, 1.807) is 7.11 Å². The Labute approximate surface area is 114 Å². The van der Waals surface area contributed by atoms with Crippen molar-refractivity contribution in [2.24, 2.45) is 0 Å². The predicted molar refractivity (Wildman–Crippen MR) is 76.1 cm³/mol. The van der Waals surface area contributed by atoms with Crippen molar-refractivity contribution in [3.8, 4) is 0 Å². The minimum absolute atomic E-state index is 0.0428. The monoisotopic (exact) mass is 275 g/mol. The second-order valence-electron chi connectivity index (χ2n) is 4.41. The Balaban J connectivity index is 2.04. The van der Waals surface area contributed by atoms with Gasteiger partial charge in [-0.3, -0.25) is 4.79 Å². The van der Waals surface area contributed by atoms with Crippen LogP contribution in [0.15, 0.2) is 0 Å². The standard InChI is InChI=1S/C12H25N3O2S/c1-11(12(16)14-4-8-17-2)13-3-5-15-6-9-18-10-7-15/h11,13H,3-10H2,1-2H3,(H,14,16). The van der Waals surface area contributed by atoms with E-state index in [0.29, 0.717) is 13.2 Å². The summed E-state index contributed by atoms with van der Waals surface area (Å²) in [6, 6.07) is -0.138. The Morgan fingerprint density at radius 1 is 1.39 bits per heavy atom. The third-order valence-corrected chi connectivity index (χ3v) is 3.92. The van der Waals surface area contributed by atoms with Gasteiger partial charge in [0.2, 0.25) is 5.91 Å². The third kappa shape index (κ3) is 6.58. The van der Waals surface area contributed by atoms with Gasteiger partial charge in [0.15, 0.2) is 0 Å². The molecule has 0 radical (unpaired) electrons. The summed E-state index contributed by atoms with van der Waals surface area (Å²) >= 11 is 2.02. The Morgan fingerprint density at radius 2 is 2.11 bits per heavy atom. The lowest BCUT2D eigenvalue weighted by Crippen LogP contribution is -2.46. The number of thioether (sulfide) groups is 1. The first kappa shape index (κ1) is 15.8. The maximum absolute atomic E-state index is 11.7. The fourth-order valence-electron chi connectivity index (χ4n) is 1.79. The molecule has 1 heterocycles. The smallest absolute Gasteiger partial charge is 0.236 e. The SMILES string of the molecule is COCCNC(=O)C(C)NCCN1CCSCC1. The van der Waals surface area contributed by atoms with Crippen LogP contribution in [0.2, 0.25) is 0 Å². The summed E-state index contributed by atoms with van der Waals surface area (Å²) in [4.78, 5) is 14.1. The van der Waals surface area contributed by atoms with Crippen LogP contribution in [0.4, 0.5) is 0 Å². The summed E-state index contributed by atoms with van der Waals surface area (Å²) in [6.45, 7) is 7.25. The number of methoxy groups -OCH3 is 1. The molecule has 2 N–H and O–H groups in total. The lowest BCUT2D eigenvalue weighted by atomic mass is 10.3. The Morgan fingerprint density at radius 3 is 2.78 bits per heavy atom. The van der Waals surface area contributed by atoms with Crippen molar-refractivity contribution in [2.75, 3.05) is 57.9 Å². The third-order valence-electron chi connectivity index (χ3n) is 2.98. The quantitative estimate of drug-likeness (QED) is 0.600. The van der Waals surface area contributed by atoms with Crippen LogP contribution >= 0.6 is 11.8 Å². The second-order valence-corrected chi connectivity index (χ2v) is 5.64. The number of amides is 1. The summed E-state index contributed by atoms with van der Waals surface area (Å²) in [7, 11) is 1.63. The molecule has 1 aliphatic rings. The van der Waals surface area contributed by atoms with Gasteiger partial charge in [-0.15, -0.1) is 0 Å². The van der Waals surface area contributed by atoms with Crippen LogP contribution in [0.25, 0.3) is 0 Å². The molecular weight excluding hydrogens is 250 g/mol. The van der Waals surface area contributed by atoms with Crippen molar-refractivity contribution in [1.82, 2.24) is 15.5 Å². The molecule has 0 spiro atoms. The fraction of sp³-hybridized carbons (Fsp3) is 0.917. The van der Waals surface area contributed by atoms with E-state index in [1.807, 2.05) is 18.7 Å². The van der Waals surface area contributed by atoms with Crippen molar-refractivity contribution < 1.29 is 9.53 Å². The Bertz CT molecular complexity index is 235. The molecule has 18 heavy (non-hydrogen) atoms. The van der Waals surface area contributed by atoms with Gasteiger partial charge in [-0.25, -0.2) is 0 Å². The van der Waals surface area contributed by atoms with Gasteiger partial charge in [0.25, 0.3) is 0 Å². The fourth-order valence-corrected chi connectivity index (χ4v) is 2.76. The van der Waals surface area contributed by atoms with Crippen LogP contribution < -0.4 is 10.6 Å². The van der Waals surface area contributed by atoms with Crippen molar-refractivity contribution in [3.05, 3.63) is 0 Å². The molecule has 1 amide bonds. The largest absolute Gasteiger partial charge is 0.383 e. The molecule has 0 aliphatic carbocycles. The van der Waals surface area contributed by atoms with E-state index in [4.69, 9.17) is 4.74 Å². The first-order valence-corrected chi connectivity index (χ1v) is 7.69. The van der Waals surface area contributed by atoms with E-state index < -0.39 is 0 Å². The zero-order valence-corrected chi connectivity index (χ0v) is 12.2. The molecule has 1 saturated heterocycles. The Kier molecular flexibility index (Phi) is 8.41. The van der Waals surface area contributed by atoms with E-state index in [1.165, 1.54) is 24.6 Å². The van der Waals surface area contributed by atoms with E-state index in [-0.39, 0.29) is 11.9 Å². The average Bonchev–Trinajstić information content (AvgIpc) is 2.40. The summed E-state index contributed by atoms with van der Waals surface area (Å²) in [5.74, 6) is 2.50. The molecule has 0 aromatic rings. The number of nitrogens with zero attached hydrogens (tertiary/aromatic N) is 1. The maximum Gasteiger partial charge on any atom is 0.236 e. The number of nitrogens with one attached hydrogen (secondary N) is 2. The minimum atomic E-state index is -0.138. The molecule has 1 rings (SSSR count). The topological polar surface area (TPSA) is 53.6 Å². The molecule has 0 aromatic heterocycles. The van der Waals surface area contributed by atoms with Gasteiger partial charge in [-0.2, -0.15) is 11.8 Å². The summed E-state index contributed by atoms with van der Waals surface area (Å²) in [6.07, 6.45) is 0. The molecule has 1 unspecified atom stereocenters. The van der Waals surface area contributed by atoms with Gasteiger partial charge < -0.3 is 20.3 Å². The van der Waals surface area contributed by atoms with Gasteiger partial charge in [0.05, 0.1) is 12.6 Å². The molecule has 0 bridgehead atoms. The van der Waals surface area contributed by atoms with Crippen molar-refractivity contribution in [2.45, 2.75) is 13.0 Å². The van der Waals surface area contributed by atoms with E-state index in [0.717, 1.165) is 13.1 Å². The summed E-state index contributed by atoms with van der Waals surface area (Å²) in [5, 5.41) is 6.08. The van der Waals surface area contributed by atoms with E-state index in [9.17, 15) is 4.79 Å². The second kappa shape index (κ2) is 9.61. The molecule has 106 valence electrons. The molecule has 6 heteroatoms. The average molecular weight is 275 g/mol. The number of hydrogen-bond donors (Lipinski definition) is 2. The minimum Gasteiger partial charge on any atom is -0.383 e. The molecular formula is C12H25N3O2S. The van der Waals surface area contributed by atoms with Gasteiger partial charge in [-0.05, 0) is 6.92 Å². The summed E-state index contributed by atoms with van der Waals surface area (Å²) < 4.78 is 4.89. The van der Waals surface area contributed by atoms with Gasteiger partial charge in [-0.1, -0.05) is 0 Å².